The summed E-state index contributed by atoms with van der Waals surface area (Å²) >= 11 is 2.94. The lowest BCUT2D eigenvalue weighted by molar-refractivity contribution is 0.632. The lowest BCUT2D eigenvalue weighted by Crippen LogP contribution is -1.97. The van der Waals surface area contributed by atoms with Crippen LogP contribution in [0.5, 0.6) is 0 Å². The fraction of sp³-hybridized carbons (Fsp3) is 0.500. The Labute approximate surface area is 87.8 Å². The van der Waals surface area contributed by atoms with Crippen molar-refractivity contribution in [1.29, 1.82) is 0 Å². The van der Waals surface area contributed by atoms with Crippen LogP contribution in [0.2, 0.25) is 0 Å². The molecular formula is C8H11BrN2. The molecule has 1 aromatic heterocycles. The third kappa shape index (κ3) is 2.97. The quantitative estimate of drug-likeness (QED) is 0.771. The minimum Gasteiger partial charge on any atom is -0.260 e. The van der Waals surface area contributed by atoms with Crippen LogP contribution in [0, 0.1) is 5.89 Å². The van der Waals surface area contributed by atoms with Crippen molar-refractivity contribution in [2.75, 3.05) is 0 Å². The number of nitrogens with zero attached hydrogens (tertiary/aromatic N) is 2. The van der Waals surface area contributed by atoms with E-state index in [9.17, 15) is 0 Å². The van der Waals surface area contributed by atoms with E-state index in [1.807, 2.05) is 0 Å². The first-order chi connectivity index (χ1) is 8.75. The summed E-state index contributed by atoms with van der Waals surface area (Å²) in [6.07, 6.45) is -0.915. The molecule has 0 amide bonds. The maximum absolute atomic E-state index is 7.86. The maximum Gasteiger partial charge on any atom is 0.124 e. The molecule has 0 unspecified atom stereocenters. The van der Waals surface area contributed by atoms with Crippen LogP contribution in [0.1, 0.15) is 31.7 Å². The molecule has 1 aromatic rings. The number of hydrogen-bond donors (Lipinski definition) is 0. The summed E-state index contributed by atoms with van der Waals surface area (Å²) in [5.74, 6) is -3.37. The van der Waals surface area contributed by atoms with E-state index < -0.39 is 31.7 Å². The molecule has 0 saturated heterocycles. The number of halogens is 1. The minimum absolute atomic E-state index is 0.109. The Morgan fingerprint density at radius 1 is 1.82 bits per heavy atom. The summed E-state index contributed by atoms with van der Waals surface area (Å²) in [5.41, 5.74) is -0.533. The first-order valence-corrected chi connectivity index (χ1v) is 3.52. The van der Waals surface area contributed by atoms with Crippen LogP contribution in [0.15, 0.2) is 17.0 Å². The van der Waals surface area contributed by atoms with Gasteiger partial charge < -0.3 is 0 Å². The van der Waals surface area contributed by atoms with Crippen LogP contribution < -0.4 is 0 Å². The van der Waals surface area contributed by atoms with Crippen molar-refractivity contribution >= 4 is 15.9 Å². The molecule has 11 heavy (non-hydrogen) atoms. The first kappa shape index (κ1) is 2.52. The second kappa shape index (κ2) is 3.81. The third-order valence-electron chi connectivity index (χ3n) is 0.858. The Kier molecular flexibility index (Phi) is 0.874. The second-order valence-electron chi connectivity index (χ2n) is 1.73. The molecule has 1 heterocycles. The molecule has 0 aliphatic heterocycles. The van der Waals surface area contributed by atoms with Gasteiger partial charge in [0.1, 0.15) is 4.60 Å². The van der Waals surface area contributed by atoms with E-state index in [4.69, 9.17) is 12.3 Å². The zero-order chi connectivity index (χ0) is 16.0. The van der Waals surface area contributed by atoms with Gasteiger partial charge in [-0.15, -0.1) is 0 Å². The van der Waals surface area contributed by atoms with E-state index in [-0.39, 0.29) is 4.60 Å². The summed E-state index contributed by atoms with van der Waals surface area (Å²) in [6, 6.07) is 0. The zero-order valence-electron chi connectivity index (χ0n) is 14.4. The van der Waals surface area contributed by atoms with Crippen LogP contribution in [-0.2, 0) is 6.37 Å². The van der Waals surface area contributed by atoms with Gasteiger partial charge in [0.25, 0.3) is 0 Å². The van der Waals surface area contributed by atoms with E-state index in [2.05, 4.69) is 25.9 Å². The number of rotatable bonds is 2. The summed E-state index contributed by atoms with van der Waals surface area (Å²) in [5, 5.41) is 0. The smallest absolute Gasteiger partial charge is 0.124 e. The molecule has 3 heteroatoms. The van der Waals surface area contributed by atoms with Crippen molar-refractivity contribution in [3.63, 3.8) is 0 Å². The fourth-order valence-electron chi connectivity index (χ4n) is 0.530. The molecule has 1 rings (SSSR count). The van der Waals surface area contributed by atoms with Crippen LogP contribution in [0.3, 0.4) is 0 Å². The Hall–Kier alpha value is -0.440. The highest BCUT2D eigenvalue weighted by Gasteiger charge is 1.99. The topological polar surface area (TPSA) is 25.8 Å². The van der Waals surface area contributed by atoms with Crippen molar-refractivity contribution in [3.05, 3.63) is 22.7 Å². The van der Waals surface area contributed by atoms with Gasteiger partial charge in [-0.3, -0.25) is 4.98 Å². The second-order valence-corrected chi connectivity index (χ2v) is 2.54. The molecular weight excluding hydrogens is 204 g/mol. The van der Waals surface area contributed by atoms with Gasteiger partial charge in [0.2, 0.25) is 0 Å². The average Bonchev–Trinajstić information content (AvgIpc) is 2.24. The molecule has 0 aliphatic rings. The Bertz CT molecular complexity index is 481. The van der Waals surface area contributed by atoms with Gasteiger partial charge in [0, 0.05) is 18.5 Å². The Balaban J connectivity index is 3.56. The normalized spacial score (nSPS) is 27.2. The molecule has 2 nitrogen and oxygen atoms in total. The highest BCUT2D eigenvalue weighted by Crippen LogP contribution is 2.07. The Morgan fingerprint density at radius 2 is 2.64 bits per heavy atom. The van der Waals surface area contributed by atoms with Gasteiger partial charge in [-0.05, 0) is 28.2 Å². The molecule has 0 aliphatic carbocycles. The van der Waals surface area contributed by atoms with Gasteiger partial charge in [-0.25, -0.2) is 4.98 Å². The largest absolute Gasteiger partial charge is 0.260 e. The molecule has 0 radical (unpaired) electrons. The van der Waals surface area contributed by atoms with Gasteiger partial charge in [-0.1, -0.05) is 13.7 Å². The van der Waals surface area contributed by atoms with Gasteiger partial charge in [0.05, 0.1) is 11.9 Å². The average molecular weight is 224 g/mol. The van der Waals surface area contributed by atoms with Crippen molar-refractivity contribution in [2.45, 2.75) is 20.1 Å². The molecule has 0 bridgehead atoms. The monoisotopic (exact) mass is 223 g/mol. The summed E-state index contributed by atoms with van der Waals surface area (Å²) < 4.78 is 67.4. The van der Waals surface area contributed by atoms with Crippen molar-refractivity contribution in [3.8, 4) is 0 Å². The van der Waals surface area contributed by atoms with Crippen LogP contribution in [-0.4, -0.2) is 9.97 Å². The predicted molar refractivity (Wildman–Crippen MR) is 48.3 cm³/mol. The summed E-state index contributed by atoms with van der Waals surface area (Å²) in [7, 11) is 0. The van der Waals surface area contributed by atoms with Crippen LogP contribution >= 0.6 is 15.9 Å². The van der Waals surface area contributed by atoms with Gasteiger partial charge in [0.15, 0.2) is 0 Å². The predicted octanol–water partition coefficient (Wildman–Crippen LogP) is 2.44. The highest BCUT2D eigenvalue weighted by molar-refractivity contribution is 9.10. The molecule has 0 aromatic carbocycles. The number of hydrogen-bond acceptors (Lipinski definition) is 2. The van der Waals surface area contributed by atoms with E-state index in [1.165, 1.54) is 6.20 Å². The lowest BCUT2D eigenvalue weighted by Gasteiger charge is -2.02. The SMILES string of the molecule is [2H]C([2H])([2H])C([2H])(C([2H])([2H])[2H])C([2H])([2H])c1cncc(Br)n1. The fourth-order valence-corrected chi connectivity index (χ4v) is 0.840. The van der Waals surface area contributed by atoms with Gasteiger partial charge >= 0.3 is 0 Å². The standard InChI is InChI=1S/C8H11BrN2/c1-6(2)3-7-4-10-5-8(9)11-7/h4-6H,3H2,1-2H3/i1D3,2D3,3D2,6D. The molecule has 0 atom stereocenters. The molecule has 0 fully saturated rings. The van der Waals surface area contributed by atoms with Crippen molar-refractivity contribution in [2.24, 2.45) is 5.89 Å². The first-order valence-electron chi connectivity index (χ1n) is 7.23. The lowest BCUT2D eigenvalue weighted by atomic mass is 10.1. The maximum atomic E-state index is 7.86. The zero-order valence-corrected chi connectivity index (χ0v) is 7.01. The van der Waals surface area contributed by atoms with Gasteiger partial charge in [-0.2, -0.15) is 0 Å². The molecule has 0 saturated carbocycles. The molecule has 0 spiro atoms. The van der Waals surface area contributed by atoms with E-state index in [0.717, 1.165) is 6.20 Å². The van der Waals surface area contributed by atoms with Crippen molar-refractivity contribution < 1.29 is 12.3 Å². The van der Waals surface area contributed by atoms with Crippen LogP contribution in [0.25, 0.3) is 0 Å². The van der Waals surface area contributed by atoms with E-state index in [1.54, 1.807) is 0 Å². The van der Waals surface area contributed by atoms with E-state index >= 15 is 0 Å². The highest BCUT2D eigenvalue weighted by atomic mass is 79.9. The summed E-state index contributed by atoms with van der Waals surface area (Å²) in [6.45, 7) is -6.77. The number of aromatic nitrogens is 2. The molecule has 60 valence electrons. The van der Waals surface area contributed by atoms with Crippen LogP contribution in [0.4, 0.5) is 0 Å². The minimum atomic E-state index is -3.38. The Morgan fingerprint density at radius 3 is 3.27 bits per heavy atom. The third-order valence-corrected chi connectivity index (χ3v) is 1.24. The van der Waals surface area contributed by atoms with Crippen molar-refractivity contribution in [1.82, 2.24) is 9.97 Å². The van der Waals surface area contributed by atoms with E-state index in [0.29, 0.717) is 0 Å². The summed E-state index contributed by atoms with van der Waals surface area (Å²) in [4.78, 5) is 7.33. The molecule has 0 N–H and O–H groups in total.